The number of carbonyl (C=O) groups is 1. The molecule has 4 rings (SSSR count). The van der Waals surface area contributed by atoms with Gasteiger partial charge in [-0.1, -0.05) is 23.7 Å². The van der Waals surface area contributed by atoms with Crippen molar-refractivity contribution >= 4 is 39.4 Å². The van der Waals surface area contributed by atoms with Crippen molar-refractivity contribution in [2.75, 3.05) is 6.54 Å². The first kappa shape index (κ1) is 18.3. The number of para-hydroxylation sites is 2. The van der Waals surface area contributed by atoms with Gasteiger partial charge in [0.15, 0.2) is 0 Å². The summed E-state index contributed by atoms with van der Waals surface area (Å²) in [6, 6.07) is 13.0. The number of hydrogen-bond donors (Lipinski definition) is 3. The van der Waals surface area contributed by atoms with Gasteiger partial charge in [0.25, 0.3) is 5.56 Å². The fraction of sp³-hybridized carbons (Fsp3) is 0.190. The molecule has 0 bridgehead atoms. The minimum atomic E-state index is -0.248. The van der Waals surface area contributed by atoms with E-state index in [1.165, 1.54) is 0 Å². The molecule has 0 saturated heterocycles. The molecule has 0 unspecified atom stereocenters. The maximum Gasteiger partial charge on any atom is 0.270 e. The third-order valence-electron chi connectivity index (χ3n) is 4.70. The van der Waals surface area contributed by atoms with Crippen LogP contribution in [0.2, 0.25) is 5.02 Å². The van der Waals surface area contributed by atoms with Gasteiger partial charge in [0.05, 0.1) is 11.0 Å². The molecular weight excluding hydrogens is 376 g/mol. The Morgan fingerprint density at radius 3 is 2.86 bits per heavy atom. The molecular formula is C21H19ClN4O2. The number of aromatic nitrogens is 3. The topological polar surface area (TPSA) is 90.6 Å². The van der Waals surface area contributed by atoms with Crippen molar-refractivity contribution in [3.63, 3.8) is 0 Å². The van der Waals surface area contributed by atoms with Gasteiger partial charge in [0.1, 0.15) is 5.69 Å². The minimum absolute atomic E-state index is 0.104. The second-order valence-corrected chi connectivity index (χ2v) is 7.07. The molecule has 6 nitrogen and oxygen atoms in total. The smallest absolute Gasteiger partial charge is 0.270 e. The van der Waals surface area contributed by atoms with Crippen LogP contribution < -0.4 is 10.9 Å². The van der Waals surface area contributed by atoms with Crippen molar-refractivity contribution in [3.8, 4) is 0 Å². The number of aromatic amines is 2. The molecule has 7 heteroatoms. The maximum absolute atomic E-state index is 12.2. The molecule has 4 aromatic rings. The first-order valence-corrected chi connectivity index (χ1v) is 9.48. The number of nitrogens with zero attached hydrogens (tertiary/aromatic N) is 1. The molecule has 0 aliphatic heterocycles. The number of H-pyrrole nitrogens is 2. The molecule has 1 amide bonds. The van der Waals surface area contributed by atoms with Crippen LogP contribution in [0.1, 0.15) is 17.7 Å². The molecule has 0 radical (unpaired) electrons. The zero-order valence-corrected chi connectivity index (χ0v) is 15.8. The Morgan fingerprint density at radius 1 is 1.11 bits per heavy atom. The monoisotopic (exact) mass is 394 g/mol. The van der Waals surface area contributed by atoms with Gasteiger partial charge in [-0.2, -0.15) is 0 Å². The molecule has 0 aliphatic rings. The summed E-state index contributed by atoms with van der Waals surface area (Å²) >= 11 is 6.06. The zero-order chi connectivity index (χ0) is 19.5. The van der Waals surface area contributed by atoms with Gasteiger partial charge in [0, 0.05) is 41.5 Å². The lowest BCUT2D eigenvalue weighted by atomic mass is 10.1. The highest BCUT2D eigenvalue weighted by molar-refractivity contribution is 6.31. The van der Waals surface area contributed by atoms with Crippen molar-refractivity contribution in [3.05, 3.63) is 75.3 Å². The van der Waals surface area contributed by atoms with Crippen LogP contribution in [-0.4, -0.2) is 27.4 Å². The van der Waals surface area contributed by atoms with Gasteiger partial charge in [-0.25, -0.2) is 4.98 Å². The second kappa shape index (κ2) is 7.86. The Kier molecular flexibility index (Phi) is 5.12. The van der Waals surface area contributed by atoms with Gasteiger partial charge in [-0.05, 0) is 42.3 Å². The van der Waals surface area contributed by atoms with Crippen LogP contribution in [-0.2, 0) is 17.6 Å². The van der Waals surface area contributed by atoms with Crippen molar-refractivity contribution < 1.29 is 4.79 Å². The third kappa shape index (κ3) is 3.92. The summed E-state index contributed by atoms with van der Waals surface area (Å²) < 4.78 is 0. The lowest BCUT2D eigenvalue weighted by Crippen LogP contribution is -2.27. The summed E-state index contributed by atoms with van der Waals surface area (Å²) in [5, 5.41) is 4.65. The van der Waals surface area contributed by atoms with E-state index in [1.807, 2.05) is 42.6 Å². The highest BCUT2D eigenvalue weighted by atomic mass is 35.5. The number of carbonyl (C=O) groups excluding carboxylic acids is 1. The van der Waals surface area contributed by atoms with Crippen molar-refractivity contribution in [1.82, 2.24) is 20.3 Å². The second-order valence-electron chi connectivity index (χ2n) is 6.63. The number of hydrogen-bond acceptors (Lipinski definition) is 3. The van der Waals surface area contributed by atoms with E-state index < -0.39 is 0 Å². The molecule has 0 aliphatic carbocycles. The van der Waals surface area contributed by atoms with Crippen LogP contribution in [0.3, 0.4) is 0 Å². The lowest BCUT2D eigenvalue weighted by molar-refractivity contribution is -0.121. The minimum Gasteiger partial charge on any atom is -0.361 e. The van der Waals surface area contributed by atoms with Crippen LogP contribution in [0.4, 0.5) is 0 Å². The van der Waals surface area contributed by atoms with Gasteiger partial charge in [0.2, 0.25) is 5.91 Å². The third-order valence-corrected chi connectivity index (χ3v) is 4.94. The van der Waals surface area contributed by atoms with E-state index in [0.717, 1.165) is 22.0 Å². The molecule has 2 heterocycles. The fourth-order valence-corrected chi connectivity index (χ4v) is 3.42. The Balaban J connectivity index is 1.33. The summed E-state index contributed by atoms with van der Waals surface area (Å²) in [5.41, 5.74) is 3.66. The van der Waals surface area contributed by atoms with E-state index in [-0.39, 0.29) is 17.9 Å². The highest BCUT2D eigenvalue weighted by Gasteiger charge is 2.09. The van der Waals surface area contributed by atoms with E-state index in [2.05, 4.69) is 20.3 Å². The molecule has 2 aromatic heterocycles. The molecule has 2 aromatic carbocycles. The van der Waals surface area contributed by atoms with E-state index >= 15 is 0 Å². The molecule has 0 fully saturated rings. The Morgan fingerprint density at radius 2 is 1.96 bits per heavy atom. The number of amides is 1. The van der Waals surface area contributed by atoms with Crippen molar-refractivity contribution in [2.24, 2.45) is 0 Å². The predicted molar refractivity (Wildman–Crippen MR) is 111 cm³/mol. The summed E-state index contributed by atoms with van der Waals surface area (Å²) in [6.07, 6.45) is 3.15. The summed E-state index contributed by atoms with van der Waals surface area (Å²) in [4.78, 5) is 34.6. The number of fused-ring (bicyclic) bond motifs is 2. The van der Waals surface area contributed by atoms with Crippen LogP contribution in [0.5, 0.6) is 0 Å². The lowest BCUT2D eigenvalue weighted by Gasteiger charge is -2.05. The van der Waals surface area contributed by atoms with Crippen LogP contribution in [0, 0.1) is 0 Å². The van der Waals surface area contributed by atoms with Crippen LogP contribution in [0.15, 0.2) is 53.5 Å². The predicted octanol–water partition coefficient (Wildman–Crippen LogP) is 3.35. The molecule has 28 heavy (non-hydrogen) atoms. The number of halogens is 1. The molecule has 0 spiro atoms. The maximum atomic E-state index is 12.2. The molecule has 142 valence electrons. The normalized spacial score (nSPS) is 11.2. The Hall–Kier alpha value is -3.12. The molecule has 0 saturated carbocycles. The van der Waals surface area contributed by atoms with Crippen LogP contribution in [0.25, 0.3) is 21.9 Å². The number of aryl methyl sites for hydroxylation is 1. The molecule has 0 atom stereocenters. The Labute approximate surface area is 166 Å². The molecule has 3 N–H and O–H groups in total. The summed E-state index contributed by atoms with van der Waals surface area (Å²) in [6.45, 7) is 0.514. The quantitative estimate of drug-likeness (QED) is 0.468. The fourth-order valence-electron chi connectivity index (χ4n) is 3.25. The standard InChI is InChI=1S/C21H19ClN4O2/c22-14-5-6-16-15(11-14)13(12-24-16)9-10-23-20(27)8-7-19-21(28)26-18-4-2-1-3-17(18)25-19/h1-6,11-12,24H,7-10H2,(H,23,27)(H,26,28). The van der Waals surface area contributed by atoms with Gasteiger partial charge in [-0.15, -0.1) is 0 Å². The van der Waals surface area contributed by atoms with E-state index in [4.69, 9.17) is 11.6 Å². The van der Waals surface area contributed by atoms with Crippen molar-refractivity contribution in [1.29, 1.82) is 0 Å². The Bertz CT molecular complexity index is 1210. The number of nitrogens with one attached hydrogen (secondary N) is 3. The SMILES string of the molecule is O=C(CCc1nc2ccccc2[nH]c1=O)NCCc1c[nH]c2ccc(Cl)cc12. The van der Waals surface area contributed by atoms with E-state index in [1.54, 1.807) is 6.07 Å². The largest absolute Gasteiger partial charge is 0.361 e. The number of rotatable bonds is 6. The van der Waals surface area contributed by atoms with Gasteiger partial charge in [-0.3, -0.25) is 9.59 Å². The highest BCUT2D eigenvalue weighted by Crippen LogP contribution is 2.22. The zero-order valence-electron chi connectivity index (χ0n) is 15.1. The summed E-state index contributed by atoms with van der Waals surface area (Å²) in [7, 11) is 0. The first-order chi connectivity index (χ1) is 13.6. The summed E-state index contributed by atoms with van der Waals surface area (Å²) in [5.74, 6) is -0.104. The van der Waals surface area contributed by atoms with Crippen LogP contribution >= 0.6 is 11.6 Å². The average Bonchev–Trinajstić information content (AvgIpc) is 3.08. The average molecular weight is 395 g/mol. The number of benzene rings is 2. The van der Waals surface area contributed by atoms with E-state index in [9.17, 15) is 9.59 Å². The van der Waals surface area contributed by atoms with E-state index in [0.29, 0.717) is 35.6 Å². The van der Waals surface area contributed by atoms with Crippen molar-refractivity contribution in [2.45, 2.75) is 19.3 Å². The van der Waals surface area contributed by atoms with Gasteiger partial charge < -0.3 is 15.3 Å². The van der Waals surface area contributed by atoms with Gasteiger partial charge >= 0.3 is 0 Å². The first-order valence-electron chi connectivity index (χ1n) is 9.10.